The van der Waals surface area contributed by atoms with Crippen molar-refractivity contribution in [2.75, 3.05) is 11.9 Å². The van der Waals surface area contributed by atoms with Gasteiger partial charge in [-0.15, -0.1) is 0 Å². The molecule has 1 saturated heterocycles. The normalized spacial score (nSPS) is 18.0. The van der Waals surface area contributed by atoms with Crippen LogP contribution in [-0.4, -0.2) is 17.5 Å². The predicted molar refractivity (Wildman–Crippen MR) is 82.2 cm³/mol. The highest BCUT2D eigenvalue weighted by molar-refractivity contribution is 5.89. The lowest BCUT2D eigenvalue weighted by atomic mass is 10.1. The Labute approximate surface area is 124 Å². The number of furan rings is 1. The Kier molecular flexibility index (Phi) is 3.95. The third-order valence-electron chi connectivity index (χ3n) is 4.00. The number of nitrogens with one attached hydrogen (secondary N) is 1. The number of amides is 2. The van der Waals surface area contributed by atoms with E-state index in [0.29, 0.717) is 0 Å². The topological polar surface area (TPSA) is 45.5 Å². The van der Waals surface area contributed by atoms with Crippen LogP contribution >= 0.6 is 0 Å². The molecule has 1 aromatic heterocycles. The first-order valence-electron chi connectivity index (χ1n) is 7.48. The fourth-order valence-electron chi connectivity index (χ4n) is 2.81. The first kappa shape index (κ1) is 13.7. The molecule has 2 amide bonds. The molecule has 1 aliphatic rings. The Morgan fingerprint density at radius 2 is 2.14 bits per heavy atom. The van der Waals surface area contributed by atoms with Gasteiger partial charge in [0, 0.05) is 12.2 Å². The maximum absolute atomic E-state index is 12.4. The van der Waals surface area contributed by atoms with Crippen molar-refractivity contribution in [1.29, 1.82) is 0 Å². The van der Waals surface area contributed by atoms with Crippen molar-refractivity contribution in [3.8, 4) is 0 Å². The largest absolute Gasteiger partial charge is 0.467 e. The van der Waals surface area contributed by atoms with Gasteiger partial charge in [-0.05, 0) is 49.1 Å². The average molecular weight is 284 g/mol. The van der Waals surface area contributed by atoms with Crippen LogP contribution in [0.1, 0.15) is 37.1 Å². The van der Waals surface area contributed by atoms with Gasteiger partial charge in [0.25, 0.3) is 0 Å². The van der Waals surface area contributed by atoms with Crippen LogP contribution in [0, 0.1) is 0 Å². The number of carbonyl (C=O) groups is 1. The molecule has 1 atom stereocenters. The average Bonchev–Trinajstić information content (AvgIpc) is 3.18. The third-order valence-corrected chi connectivity index (χ3v) is 4.00. The van der Waals surface area contributed by atoms with Gasteiger partial charge in [0.05, 0.1) is 12.3 Å². The second kappa shape index (κ2) is 6.04. The second-order valence-corrected chi connectivity index (χ2v) is 5.35. The van der Waals surface area contributed by atoms with E-state index in [1.54, 1.807) is 6.26 Å². The molecule has 3 rings (SSSR count). The molecule has 0 bridgehead atoms. The van der Waals surface area contributed by atoms with Crippen LogP contribution in [0.3, 0.4) is 0 Å². The molecule has 0 saturated carbocycles. The molecule has 2 aromatic rings. The Hall–Kier alpha value is -2.23. The van der Waals surface area contributed by atoms with E-state index in [2.05, 4.69) is 12.2 Å². The molecule has 1 aliphatic heterocycles. The van der Waals surface area contributed by atoms with Crippen LogP contribution in [-0.2, 0) is 6.42 Å². The highest BCUT2D eigenvalue weighted by atomic mass is 16.3. The van der Waals surface area contributed by atoms with E-state index >= 15 is 0 Å². The summed E-state index contributed by atoms with van der Waals surface area (Å²) in [6.07, 6.45) is 4.62. The number of rotatable bonds is 3. The Balaban J connectivity index is 1.69. The van der Waals surface area contributed by atoms with Crippen molar-refractivity contribution in [3.05, 3.63) is 54.0 Å². The molecular formula is C17H20N2O2. The second-order valence-electron chi connectivity index (χ2n) is 5.35. The van der Waals surface area contributed by atoms with Crippen molar-refractivity contribution in [2.24, 2.45) is 0 Å². The number of nitrogens with zero attached hydrogens (tertiary/aromatic N) is 1. The van der Waals surface area contributed by atoms with E-state index in [0.717, 1.165) is 37.3 Å². The fraction of sp³-hybridized carbons (Fsp3) is 0.353. The molecule has 2 heterocycles. The zero-order chi connectivity index (χ0) is 14.7. The SMILES string of the molecule is CCc1ccc(NC(=O)N2CCC[C@@H]2c2ccco2)cc1. The fourth-order valence-corrected chi connectivity index (χ4v) is 2.81. The summed E-state index contributed by atoms with van der Waals surface area (Å²) in [4.78, 5) is 14.3. The van der Waals surface area contributed by atoms with Crippen molar-refractivity contribution >= 4 is 11.7 Å². The minimum Gasteiger partial charge on any atom is -0.467 e. The number of aryl methyl sites for hydroxylation is 1. The summed E-state index contributed by atoms with van der Waals surface area (Å²) < 4.78 is 5.46. The highest BCUT2D eigenvalue weighted by Crippen LogP contribution is 2.32. The van der Waals surface area contributed by atoms with Gasteiger partial charge in [-0.1, -0.05) is 19.1 Å². The first-order chi connectivity index (χ1) is 10.3. The van der Waals surface area contributed by atoms with Crippen molar-refractivity contribution in [3.63, 3.8) is 0 Å². The summed E-state index contributed by atoms with van der Waals surface area (Å²) in [6, 6.07) is 11.8. The van der Waals surface area contributed by atoms with Gasteiger partial charge in [0.15, 0.2) is 0 Å². The molecule has 1 N–H and O–H groups in total. The van der Waals surface area contributed by atoms with Gasteiger partial charge in [-0.3, -0.25) is 0 Å². The minimum absolute atomic E-state index is 0.0508. The van der Waals surface area contributed by atoms with Crippen LogP contribution in [0.2, 0.25) is 0 Å². The van der Waals surface area contributed by atoms with E-state index in [4.69, 9.17) is 4.42 Å². The molecule has 110 valence electrons. The summed E-state index contributed by atoms with van der Waals surface area (Å²) in [7, 11) is 0. The Morgan fingerprint density at radius 3 is 2.81 bits per heavy atom. The van der Waals surface area contributed by atoms with Gasteiger partial charge in [0.1, 0.15) is 5.76 Å². The summed E-state index contributed by atoms with van der Waals surface area (Å²) in [5.41, 5.74) is 2.10. The van der Waals surface area contributed by atoms with Crippen LogP contribution in [0.4, 0.5) is 10.5 Å². The number of hydrogen-bond donors (Lipinski definition) is 1. The van der Waals surface area contributed by atoms with E-state index in [1.807, 2.05) is 41.3 Å². The number of benzene rings is 1. The highest BCUT2D eigenvalue weighted by Gasteiger charge is 2.31. The van der Waals surface area contributed by atoms with Crippen LogP contribution in [0.5, 0.6) is 0 Å². The number of likely N-dealkylation sites (tertiary alicyclic amines) is 1. The van der Waals surface area contributed by atoms with Gasteiger partial charge in [-0.25, -0.2) is 4.79 Å². The van der Waals surface area contributed by atoms with Gasteiger partial charge in [0.2, 0.25) is 0 Å². The molecule has 4 heteroatoms. The van der Waals surface area contributed by atoms with Crippen molar-refractivity contribution in [1.82, 2.24) is 4.90 Å². The van der Waals surface area contributed by atoms with E-state index in [-0.39, 0.29) is 12.1 Å². The summed E-state index contributed by atoms with van der Waals surface area (Å²) in [6.45, 7) is 2.88. The number of anilines is 1. The Morgan fingerprint density at radius 1 is 1.33 bits per heavy atom. The van der Waals surface area contributed by atoms with Crippen LogP contribution < -0.4 is 5.32 Å². The quantitative estimate of drug-likeness (QED) is 0.917. The molecular weight excluding hydrogens is 264 g/mol. The monoisotopic (exact) mass is 284 g/mol. The molecule has 0 unspecified atom stereocenters. The lowest BCUT2D eigenvalue weighted by Crippen LogP contribution is -2.34. The predicted octanol–water partition coefficient (Wildman–Crippen LogP) is 4.21. The number of urea groups is 1. The Bertz CT molecular complexity index is 590. The molecule has 1 fully saturated rings. The number of hydrogen-bond acceptors (Lipinski definition) is 2. The van der Waals surface area contributed by atoms with Crippen molar-refractivity contribution < 1.29 is 9.21 Å². The molecule has 0 spiro atoms. The molecule has 0 radical (unpaired) electrons. The van der Waals surface area contributed by atoms with E-state index < -0.39 is 0 Å². The lowest BCUT2D eigenvalue weighted by molar-refractivity contribution is 0.200. The van der Waals surface area contributed by atoms with E-state index in [1.165, 1.54) is 5.56 Å². The maximum atomic E-state index is 12.4. The molecule has 4 nitrogen and oxygen atoms in total. The third kappa shape index (κ3) is 2.94. The first-order valence-corrected chi connectivity index (χ1v) is 7.48. The zero-order valence-electron chi connectivity index (χ0n) is 12.2. The smallest absolute Gasteiger partial charge is 0.322 e. The summed E-state index contributed by atoms with van der Waals surface area (Å²) >= 11 is 0. The van der Waals surface area contributed by atoms with E-state index in [9.17, 15) is 4.79 Å². The van der Waals surface area contributed by atoms with Crippen LogP contribution in [0.15, 0.2) is 47.1 Å². The molecule has 0 aliphatic carbocycles. The number of carbonyl (C=O) groups excluding carboxylic acids is 1. The standard InChI is InChI=1S/C17H20N2O2/c1-2-13-7-9-14(10-8-13)18-17(20)19-11-3-5-15(19)16-6-4-12-21-16/h4,6-10,12,15H,2-3,5,11H2,1H3,(H,18,20)/t15-/m1/s1. The summed E-state index contributed by atoms with van der Waals surface area (Å²) in [5, 5.41) is 2.97. The van der Waals surface area contributed by atoms with Crippen molar-refractivity contribution in [2.45, 2.75) is 32.2 Å². The lowest BCUT2D eigenvalue weighted by Gasteiger charge is -2.23. The summed E-state index contributed by atoms with van der Waals surface area (Å²) in [5.74, 6) is 0.865. The van der Waals surface area contributed by atoms with Gasteiger partial charge in [-0.2, -0.15) is 0 Å². The zero-order valence-corrected chi connectivity index (χ0v) is 12.2. The van der Waals surface area contributed by atoms with Crippen LogP contribution in [0.25, 0.3) is 0 Å². The molecule has 21 heavy (non-hydrogen) atoms. The van der Waals surface area contributed by atoms with Gasteiger partial charge >= 0.3 is 6.03 Å². The molecule has 1 aromatic carbocycles. The maximum Gasteiger partial charge on any atom is 0.322 e. The minimum atomic E-state index is -0.0573. The van der Waals surface area contributed by atoms with Gasteiger partial charge < -0.3 is 14.6 Å².